The highest BCUT2D eigenvalue weighted by atomic mass is 79.9. The zero-order valence-corrected chi connectivity index (χ0v) is 15.2. The van der Waals surface area contributed by atoms with E-state index in [0.29, 0.717) is 28.6 Å². The van der Waals surface area contributed by atoms with Crippen molar-refractivity contribution in [3.8, 4) is 5.75 Å². The Labute approximate surface area is 151 Å². The van der Waals surface area contributed by atoms with Gasteiger partial charge in [0.05, 0.1) is 9.90 Å². The first-order chi connectivity index (χ1) is 11.1. The molecule has 7 heteroatoms. The molecular formula is C16H13BrClNO3S. The third-order valence-corrected chi connectivity index (χ3v) is 5.27. The van der Waals surface area contributed by atoms with Crippen LogP contribution >= 0.6 is 38.9 Å². The lowest BCUT2D eigenvalue weighted by Crippen LogP contribution is -2.42. The van der Waals surface area contributed by atoms with E-state index in [4.69, 9.17) is 16.3 Å². The van der Waals surface area contributed by atoms with Crippen molar-refractivity contribution in [2.75, 3.05) is 6.54 Å². The maximum Gasteiger partial charge on any atom is 0.334 e. The first-order valence-electron chi connectivity index (χ1n) is 7.07. The van der Waals surface area contributed by atoms with Gasteiger partial charge >= 0.3 is 5.97 Å². The summed E-state index contributed by atoms with van der Waals surface area (Å²) in [5.41, 5.74) is 0. The summed E-state index contributed by atoms with van der Waals surface area (Å²) >= 11 is 10.7. The van der Waals surface area contributed by atoms with Gasteiger partial charge in [0.1, 0.15) is 11.8 Å². The number of likely N-dealkylation sites (tertiary alicyclic amines) is 1. The molecule has 2 heterocycles. The Balaban J connectivity index is 1.74. The van der Waals surface area contributed by atoms with Crippen LogP contribution < -0.4 is 4.74 Å². The van der Waals surface area contributed by atoms with Crippen LogP contribution in [0.4, 0.5) is 0 Å². The molecule has 1 aromatic carbocycles. The molecule has 2 aromatic rings. The summed E-state index contributed by atoms with van der Waals surface area (Å²) in [4.78, 5) is 27.2. The fourth-order valence-corrected chi connectivity index (χ4v) is 3.92. The Morgan fingerprint density at radius 1 is 1.35 bits per heavy atom. The molecule has 1 aromatic heterocycles. The molecule has 3 rings (SSSR count). The number of hydrogen-bond donors (Lipinski definition) is 0. The molecule has 1 atom stereocenters. The van der Waals surface area contributed by atoms with E-state index in [1.54, 1.807) is 29.2 Å². The summed E-state index contributed by atoms with van der Waals surface area (Å²) in [6, 6.07) is 8.06. The van der Waals surface area contributed by atoms with Gasteiger partial charge in [-0.3, -0.25) is 4.79 Å². The van der Waals surface area contributed by atoms with E-state index in [2.05, 4.69) is 15.9 Å². The van der Waals surface area contributed by atoms with E-state index >= 15 is 0 Å². The van der Waals surface area contributed by atoms with Gasteiger partial charge in [-0.25, -0.2) is 4.79 Å². The monoisotopic (exact) mass is 413 g/mol. The van der Waals surface area contributed by atoms with Crippen molar-refractivity contribution in [2.24, 2.45) is 0 Å². The molecule has 1 amide bonds. The second kappa shape index (κ2) is 7.03. The Bertz CT molecular complexity index is 735. The second-order valence-electron chi connectivity index (χ2n) is 5.13. The Morgan fingerprint density at radius 2 is 2.17 bits per heavy atom. The minimum Gasteiger partial charge on any atom is -0.423 e. The lowest BCUT2D eigenvalue weighted by atomic mass is 10.2. The highest BCUT2D eigenvalue weighted by molar-refractivity contribution is 9.10. The largest absolute Gasteiger partial charge is 0.423 e. The van der Waals surface area contributed by atoms with Crippen LogP contribution in [-0.4, -0.2) is 29.4 Å². The summed E-state index contributed by atoms with van der Waals surface area (Å²) in [5.74, 6) is -0.270. The molecule has 1 unspecified atom stereocenters. The van der Waals surface area contributed by atoms with Gasteiger partial charge in [0.2, 0.25) is 0 Å². The molecule has 0 saturated carbocycles. The fraction of sp³-hybridized carbons (Fsp3) is 0.250. The van der Waals surface area contributed by atoms with Crippen molar-refractivity contribution in [2.45, 2.75) is 18.9 Å². The molecule has 23 heavy (non-hydrogen) atoms. The predicted octanol–water partition coefficient (Wildman–Crippen LogP) is 4.37. The molecular weight excluding hydrogens is 402 g/mol. The van der Waals surface area contributed by atoms with Crippen molar-refractivity contribution in [1.82, 2.24) is 4.90 Å². The van der Waals surface area contributed by atoms with E-state index in [0.717, 1.165) is 10.9 Å². The van der Waals surface area contributed by atoms with E-state index in [-0.39, 0.29) is 5.91 Å². The summed E-state index contributed by atoms with van der Waals surface area (Å²) in [5, 5.41) is 2.19. The number of thiophene rings is 1. The number of nitrogens with zero attached hydrogens (tertiary/aromatic N) is 1. The van der Waals surface area contributed by atoms with Gasteiger partial charge in [-0.1, -0.05) is 33.6 Å². The van der Waals surface area contributed by atoms with E-state index in [9.17, 15) is 9.59 Å². The van der Waals surface area contributed by atoms with Gasteiger partial charge in [0.25, 0.3) is 5.91 Å². The van der Waals surface area contributed by atoms with Gasteiger partial charge in [0, 0.05) is 11.0 Å². The highest BCUT2D eigenvalue weighted by Crippen LogP contribution is 2.30. The number of amides is 1. The number of benzene rings is 1. The van der Waals surface area contributed by atoms with Crippen LogP contribution in [0.15, 0.2) is 40.2 Å². The van der Waals surface area contributed by atoms with Gasteiger partial charge in [0.15, 0.2) is 0 Å². The minimum atomic E-state index is -0.565. The summed E-state index contributed by atoms with van der Waals surface area (Å²) in [6.07, 6.45) is 1.38. The zero-order chi connectivity index (χ0) is 16.4. The zero-order valence-electron chi connectivity index (χ0n) is 12.0. The van der Waals surface area contributed by atoms with Gasteiger partial charge in [-0.15, -0.1) is 11.3 Å². The Kier molecular flexibility index (Phi) is 5.04. The standard InChI is InChI=1S/C16H13BrClNO3S/c17-10-5-6-13(11(18)9-10)22-16(21)12-3-1-7-19(12)15(20)14-4-2-8-23-14/h2,4-6,8-9,12H,1,3,7H2. The predicted molar refractivity (Wildman–Crippen MR) is 93.2 cm³/mol. The number of carbonyl (C=O) groups is 2. The number of halogens is 2. The molecule has 0 N–H and O–H groups in total. The molecule has 1 saturated heterocycles. The number of hydrogen-bond acceptors (Lipinski definition) is 4. The lowest BCUT2D eigenvalue weighted by Gasteiger charge is -2.22. The Hall–Kier alpha value is -1.37. The first kappa shape index (κ1) is 16.5. The van der Waals surface area contributed by atoms with Crippen molar-refractivity contribution < 1.29 is 14.3 Å². The average Bonchev–Trinajstić information content (AvgIpc) is 3.20. The van der Waals surface area contributed by atoms with E-state index in [1.165, 1.54) is 11.3 Å². The molecule has 0 spiro atoms. The molecule has 4 nitrogen and oxygen atoms in total. The number of esters is 1. The van der Waals surface area contributed by atoms with Crippen molar-refractivity contribution in [3.63, 3.8) is 0 Å². The smallest absolute Gasteiger partial charge is 0.334 e. The number of carbonyl (C=O) groups excluding carboxylic acids is 2. The van der Waals surface area contributed by atoms with Crippen LogP contribution in [0.2, 0.25) is 5.02 Å². The summed E-state index contributed by atoms with van der Waals surface area (Å²) in [7, 11) is 0. The second-order valence-corrected chi connectivity index (χ2v) is 7.40. The van der Waals surface area contributed by atoms with E-state index in [1.807, 2.05) is 11.4 Å². The maximum absolute atomic E-state index is 12.5. The normalized spacial score (nSPS) is 17.3. The maximum atomic E-state index is 12.5. The molecule has 0 aliphatic carbocycles. The quantitative estimate of drug-likeness (QED) is 0.553. The molecule has 1 aliphatic heterocycles. The van der Waals surface area contributed by atoms with Crippen molar-refractivity contribution in [3.05, 3.63) is 50.1 Å². The molecule has 120 valence electrons. The molecule has 1 fully saturated rings. The van der Waals surface area contributed by atoms with Crippen LogP contribution in [0.25, 0.3) is 0 Å². The van der Waals surface area contributed by atoms with Crippen LogP contribution in [0.1, 0.15) is 22.5 Å². The van der Waals surface area contributed by atoms with Crippen LogP contribution in [0.5, 0.6) is 5.75 Å². The fourth-order valence-electron chi connectivity index (χ4n) is 2.53. The van der Waals surface area contributed by atoms with Crippen LogP contribution in [-0.2, 0) is 4.79 Å². The minimum absolute atomic E-state index is 0.124. The Morgan fingerprint density at radius 3 is 2.87 bits per heavy atom. The molecule has 0 bridgehead atoms. The lowest BCUT2D eigenvalue weighted by molar-refractivity contribution is -0.138. The summed E-state index contributed by atoms with van der Waals surface area (Å²) < 4.78 is 6.20. The summed E-state index contributed by atoms with van der Waals surface area (Å²) in [6.45, 7) is 0.560. The molecule has 0 radical (unpaired) electrons. The topological polar surface area (TPSA) is 46.6 Å². The van der Waals surface area contributed by atoms with Crippen LogP contribution in [0, 0.1) is 0 Å². The third kappa shape index (κ3) is 3.59. The third-order valence-electron chi connectivity index (χ3n) is 3.62. The molecule has 1 aliphatic rings. The van der Waals surface area contributed by atoms with Gasteiger partial charge in [-0.2, -0.15) is 0 Å². The van der Waals surface area contributed by atoms with Crippen molar-refractivity contribution >= 4 is 50.7 Å². The number of rotatable bonds is 3. The average molecular weight is 415 g/mol. The SMILES string of the molecule is O=C(Oc1ccc(Br)cc1Cl)C1CCCN1C(=O)c1cccs1. The van der Waals surface area contributed by atoms with Crippen LogP contribution in [0.3, 0.4) is 0 Å². The van der Waals surface area contributed by atoms with Crippen molar-refractivity contribution in [1.29, 1.82) is 0 Å². The van der Waals surface area contributed by atoms with E-state index < -0.39 is 12.0 Å². The number of ether oxygens (including phenoxy) is 1. The highest BCUT2D eigenvalue weighted by Gasteiger charge is 2.36. The van der Waals surface area contributed by atoms with Gasteiger partial charge < -0.3 is 9.64 Å². The van der Waals surface area contributed by atoms with Gasteiger partial charge in [-0.05, 0) is 42.5 Å². The first-order valence-corrected chi connectivity index (χ1v) is 9.12.